The third-order valence-corrected chi connectivity index (χ3v) is 5.31. The molecule has 2 heterocycles. The SMILES string of the molecule is CC1CCN(C(C)c2nc(CCl)cs2)CC1C. The van der Waals surface area contributed by atoms with E-state index in [0.29, 0.717) is 11.9 Å². The summed E-state index contributed by atoms with van der Waals surface area (Å²) in [4.78, 5) is 7.15. The first-order valence-electron chi connectivity index (χ1n) is 6.36. The summed E-state index contributed by atoms with van der Waals surface area (Å²) in [5.74, 6) is 2.17. The van der Waals surface area contributed by atoms with Gasteiger partial charge in [-0.3, -0.25) is 4.90 Å². The summed E-state index contributed by atoms with van der Waals surface area (Å²) in [6.45, 7) is 9.37. The van der Waals surface area contributed by atoms with Crippen LogP contribution in [0.3, 0.4) is 0 Å². The molecular formula is C13H21ClN2S. The number of nitrogens with zero attached hydrogens (tertiary/aromatic N) is 2. The van der Waals surface area contributed by atoms with Crippen LogP contribution in [0.15, 0.2) is 5.38 Å². The van der Waals surface area contributed by atoms with E-state index in [4.69, 9.17) is 11.6 Å². The molecule has 17 heavy (non-hydrogen) atoms. The van der Waals surface area contributed by atoms with Gasteiger partial charge in [-0.1, -0.05) is 13.8 Å². The van der Waals surface area contributed by atoms with Gasteiger partial charge in [0.15, 0.2) is 0 Å². The minimum atomic E-state index is 0.437. The molecule has 2 nitrogen and oxygen atoms in total. The predicted molar refractivity (Wildman–Crippen MR) is 74.6 cm³/mol. The van der Waals surface area contributed by atoms with Crippen molar-refractivity contribution in [2.75, 3.05) is 13.1 Å². The Kier molecular flexibility index (Phi) is 4.45. The van der Waals surface area contributed by atoms with Crippen molar-refractivity contribution in [3.63, 3.8) is 0 Å². The minimum Gasteiger partial charge on any atom is -0.294 e. The van der Waals surface area contributed by atoms with Crippen molar-refractivity contribution < 1.29 is 0 Å². The van der Waals surface area contributed by atoms with Gasteiger partial charge in [-0.15, -0.1) is 22.9 Å². The maximum atomic E-state index is 5.80. The molecular weight excluding hydrogens is 252 g/mol. The van der Waals surface area contributed by atoms with Crippen molar-refractivity contribution in [3.8, 4) is 0 Å². The van der Waals surface area contributed by atoms with E-state index >= 15 is 0 Å². The Balaban J connectivity index is 2.02. The Morgan fingerprint density at radius 2 is 2.29 bits per heavy atom. The fraction of sp³-hybridized carbons (Fsp3) is 0.769. The average molecular weight is 273 g/mol. The standard InChI is InChI=1S/C13H21ClN2S/c1-9-4-5-16(7-10(9)2)11(3)13-15-12(6-14)8-17-13/h8-11H,4-7H2,1-3H3. The van der Waals surface area contributed by atoms with Crippen molar-refractivity contribution in [1.82, 2.24) is 9.88 Å². The molecule has 1 saturated heterocycles. The average Bonchev–Trinajstić information content (AvgIpc) is 2.80. The molecule has 1 aromatic rings. The molecule has 1 aromatic heterocycles. The molecule has 3 atom stereocenters. The van der Waals surface area contributed by atoms with E-state index in [2.05, 4.69) is 36.0 Å². The van der Waals surface area contributed by atoms with Crippen LogP contribution in [-0.2, 0) is 5.88 Å². The first-order chi connectivity index (χ1) is 8.11. The summed E-state index contributed by atoms with van der Waals surface area (Å²) in [5, 5.41) is 3.29. The second-order valence-corrected chi connectivity index (χ2v) is 6.38. The number of hydrogen-bond donors (Lipinski definition) is 0. The van der Waals surface area contributed by atoms with Gasteiger partial charge in [0, 0.05) is 11.9 Å². The Labute approximate surface area is 113 Å². The number of likely N-dealkylation sites (tertiary alicyclic amines) is 1. The summed E-state index contributed by atoms with van der Waals surface area (Å²) in [7, 11) is 0. The van der Waals surface area contributed by atoms with Crippen LogP contribution in [0.25, 0.3) is 0 Å². The highest BCUT2D eigenvalue weighted by Crippen LogP contribution is 2.30. The van der Waals surface area contributed by atoms with E-state index in [1.165, 1.54) is 24.5 Å². The third-order valence-electron chi connectivity index (χ3n) is 3.98. The molecule has 4 heteroatoms. The summed E-state index contributed by atoms with van der Waals surface area (Å²) in [5.41, 5.74) is 1.01. The zero-order valence-corrected chi connectivity index (χ0v) is 12.4. The Hall–Kier alpha value is -0.120. The number of piperidine rings is 1. The van der Waals surface area contributed by atoms with Gasteiger partial charge in [-0.25, -0.2) is 4.98 Å². The Morgan fingerprint density at radius 1 is 1.53 bits per heavy atom. The zero-order valence-electron chi connectivity index (χ0n) is 10.8. The van der Waals surface area contributed by atoms with Crippen LogP contribution in [-0.4, -0.2) is 23.0 Å². The summed E-state index contributed by atoms with van der Waals surface area (Å²) < 4.78 is 0. The van der Waals surface area contributed by atoms with Crippen LogP contribution < -0.4 is 0 Å². The number of halogens is 1. The predicted octanol–water partition coefficient (Wildman–Crippen LogP) is 3.92. The Bertz CT molecular complexity index is 366. The third kappa shape index (κ3) is 3.01. The van der Waals surface area contributed by atoms with Gasteiger partial charge >= 0.3 is 0 Å². The van der Waals surface area contributed by atoms with Crippen LogP contribution in [0.5, 0.6) is 0 Å². The summed E-state index contributed by atoms with van der Waals surface area (Å²) in [6.07, 6.45) is 1.30. The largest absolute Gasteiger partial charge is 0.294 e. The fourth-order valence-electron chi connectivity index (χ4n) is 2.38. The monoisotopic (exact) mass is 272 g/mol. The quantitative estimate of drug-likeness (QED) is 0.776. The van der Waals surface area contributed by atoms with Crippen LogP contribution in [0, 0.1) is 11.8 Å². The lowest BCUT2D eigenvalue weighted by molar-refractivity contribution is 0.103. The number of thiazole rings is 1. The van der Waals surface area contributed by atoms with Crippen LogP contribution in [0.2, 0.25) is 0 Å². The maximum Gasteiger partial charge on any atom is 0.110 e. The van der Waals surface area contributed by atoms with E-state index in [1.54, 1.807) is 11.3 Å². The van der Waals surface area contributed by atoms with Gasteiger partial charge in [-0.05, 0) is 31.7 Å². The number of hydrogen-bond acceptors (Lipinski definition) is 3. The van der Waals surface area contributed by atoms with E-state index in [0.717, 1.165) is 17.5 Å². The molecule has 0 amide bonds. The van der Waals surface area contributed by atoms with Gasteiger partial charge in [0.1, 0.15) is 5.01 Å². The van der Waals surface area contributed by atoms with E-state index < -0.39 is 0 Å². The topological polar surface area (TPSA) is 16.1 Å². The lowest BCUT2D eigenvalue weighted by Crippen LogP contribution is -2.39. The minimum absolute atomic E-state index is 0.437. The first kappa shape index (κ1) is 13.3. The molecule has 3 unspecified atom stereocenters. The summed E-state index contributed by atoms with van der Waals surface area (Å²) in [6, 6.07) is 0.437. The van der Waals surface area contributed by atoms with E-state index in [1.807, 2.05) is 0 Å². The Morgan fingerprint density at radius 3 is 2.88 bits per heavy atom. The molecule has 1 fully saturated rings. The second-order valence-electron chi connectivity index (χ2n) is 5.22. The van der Waals surface area contributed by atoms with Crippen LogP contribution in [0.4, 0.5) is 0 Å². The van der Waals surface area contributed by atoms with Crippen molar-refractivity contribution in [2.45, 2.75) is 39.1 Å². The molecule has 1 aliphatic rings. The molecule has 0 radical (unpaired) electrons. The molecule has 0 bridgehead atoms. The highest BCUT2D eigenvalue weighted by molar-refractivity contribution is 7.09. The normalized spacial score (nSPS) is 28.2. The van der Waals surface area contributed by atoms with Gasteiger partial charge in [0.2, 0.25) is 0 Å². The van der Waals surface area contributed by atoms with Crippen molar-refractivity contribution in [3.05, 3.63) is 16.1 Å². The highest BCUT2D eigenvalue weighted by Gasteiger charge is 2.27. The molecule has 0 saturated carbocycles. The van der Waals surface area contributed by atoms with Crippen molar-refractivity contribution in [2.24, 2.45) is 11.8 Å². The molecule has 2 rings (SSSR count). The first-order valence-corrected chi connectivity index (χ1v) is 7.77. The van der Waals surface area contributed by atoms with Crippen LogP contribution >= 0.6 is 22.9 Å². The number of alkyl halides is 1. The summed E-state index contributed by atoms with van der Waals surface area (Å²) >= 11 is 7.54. The van der Waals surface area contributed by atoms with E-state index in [-0.39, 0.29) is 0 Å². The number of rotatable bonds is 3. The lowest BCUT2D eigenvalue weighted by Gasteiger charge is -2.38. The second kappa shape index (κ2) is 5.68. The van der Waals surface area contributed by atoms with Crippen LogP contribution in [0.1, 0.15) is 43.9 Å². The zero-order chi connectivity index (χ0) is 12.4. The van der Waals surface area contributed by atoms with Crippen molar-refractivity contribution >= 4 is 22.9 Å². The number of aromatic nitrogens is 1. The molecule has 0 aromatic carbocycles. The highest BCUT2D eigenvalue weighted by atomic mass is 35.5. The van der Waals surface area contributed by atoms with E-state index in [9.17, 15) is 0 Å². The molecule has 96 valence electrons. The molecule has 1 aliphatic heterocycles. The van der Waals surface area contributed by atoms with Gasteiger partial charge in [0.25, 0.3) is 0 Å². The smallest absolute Gasteiger partial charge is 0.110 e. The molecule has 0 spiro atoms. The molecule has 0 N–H and O–H groups in total. The maximum absolute atomic E-state index is 5.80. The van der Waals surface area contributed by atoms with Gasteiger partial charge < -0.3 is 0 Å². The van der Waals surface area contributed by atoms with Gasteiger partial charge in [0.05, 0.1) is 17.6 Å². The van der Waals surface area contributed by atoms with Crippen molar-refractivity contribution in [1.29, 1.82) is 0 Å². The lowest BCUT2D eigenvalue weighted by atomic mass is 9.88. The van der Waals surface area contributed by atoms with Gasteiger partial charge in [-0.2, -0.15) is 0 Å². The molecule has 0 aliphatic carbocycles. The fourth-order valence-corrected chi connectivity index (χ4v) is 3.52.